The van der Waals surface area contributed by atoms with E-state index in [2.05, 4.69) is 57.8 Å². The van der Waals surface area contributed by atoms with Crippen molar-refractivity contribution < 1.29 is 0 Å². The Bertz CT molecular complexity index is 1110. The smallest absolute Gasteiger partial charge is 0.199 e. The van der Waals surface area contributed by atoms with Gasteiger partial charge in [0.25, 0.3) is 0 Å². The van der Waals surface area contributed by atoms with Crippen LogP contribution in [-0.4, -0.2) is 24.5 Å². The first kappa shape index (κ1) is 16.2. The van der Waals surface area contributed by atoms with Crippen LogP contribution in [0.15, 0.2) is 73.1 Å². The molecular weight excluding hydrogens is 354 g/mol. The lowest BCUT2D eigenvalue weighted by Gasteiger charge is -2.04. The third kappa shape index (κ3) is 3.13. The van der Waals surface area contributed by atoms with Gasteiger partial charge in [0.2, 0.25) is 0 Å². The summed E-state index contributed by atoms with van der Waals surface area (Å²) in [5.74, 6) is 1.89. The number of nitrogens with one attached hydrogen (secondary N) is 1. The summed E-state index contributed by atoms with van der Waals surface area (Å²) in [5.41, 5.74) is 3.54. The lowest BCUT2D eigenvalue weighted by Crippen LogP contribution is -2.01. The standard InChI is InChI=1S/C21H19N5S/c27-21-24-23-20(19-11-18(19)16-9-5-2-6-10-16)26(21)17-12-22-25(14-17)13-15-7-3-1-4-8-15/h1-10,12,14,18-19H,11,13H2,(H,24,27)/t18-,19+/m0/s1. The first-order valence-electron chi connectivity index (χ1n) is 9.08. The zero-order valence-corrected chi connectivity index (χ0v) is 15.5. The van der Waals surface area contributed by atoms with Crippen molar-refractivity contribution in [2.24, 2.45) is 0 Å². The molecule has 1 saturated carbocycles. The van der Waals surface area contributed by atoms with Crippen LogP contribution in [0.4, 0.5) is 0 Å². The predicted molar refractivity (Wildman–Crippen MR) is 107 cm³/mol. The monoisotopic (exact) mass is 373 g/mol. The van der Waals surface area contributed by atoms with E-state index in [-0.39, 0.29) is 0 Å². The number of benzene rings is 2. The molecule has 2 aromatic carbocycles. The van der Waals surface area contributed by atoms with Gasteiger partial charge in [-0.25, -0.2) is 0 Å². The quantitative estimate of drug-likeness (QED) is 0.526. The van der Waals surface area contributed by atoms with Gasteiger partial charge in [0.05, 0.1) is 18.4 Å². The molecule has 1 aliphatic carbocycles. The summed E-state index contributed by atoms with van der Waals surface area (Å²) in [6, 6.07) is 20.9. The lowest BCUT2D eigenvalue weighted by molar-refractivity contribution is 0.686. The van der Waals surface area contributed by atoms with Crippen LogP contribution < -0.4 is 0 Å². The number of H-pyrrole nitrogens is 1. The Morgan fingerprint density at radius 3 is 2.52 bits per heavy atom. The molecule has 1 aliphatic rings. The summed E-state index contributed by atoms with van der Waals surface area (Å²) in [7, 11) is 0. The fraction of sp³-hybridized carbons (Fsp3) is 0.190. The average Bonchev–Trinajstić information content (AvgIpc) is 3.22. The second-order valence-electron chi connectivity index (χ2n) is 6.96. The van der Waals surface area contributed by atoms with Gasteiger partial charge in [0, 0.05) is 12.1 Å². The van der Waals surface area contributed by atoms with E-state index in [1.165, 1.54) is 11.1 Å². The molecule has 2 aromatic heterocycles. The molecule has 0 spiro atoms. The highest BCUT2D eigenvalue weighted by Crippen LogP contribution is 2.54. The van der Waals surface area contributed by atoms with Crippen molar-refractivity contribution in [2.45, 2.75) is 24.8 Å². The maximum atomic E-state index is 5.50. The van der Waals surface area contributed by atoms with Crippen molar-refractivity contribution in [2.75, 3.05) is 0 Å². The third-order valence-electron chi connectivity index (χ3n) is 5.11. The second kappa shape index (κ2) is 6.63. The maximum Gasteiger partial charge on any atom is 0.199 e. The average molecular weight is 373 g/mol. The van der Waals surface area contributed by atoms with Crippen LogP contribution in [0.1, 0.15) is 35.2 Å². The number of hydrogen-bond acceptors (Lipinski definition) is 3. The van der Waals surface area contributed by atoms with Gasteiger partial charge in [-0.05, 0) is 35.7 Å². The molecular formula is C21H19N5S. The maximum absolute atomic E-state index is 5.50. The molecule has 4 aromatic rings. The van der Waals surface area contributed by atoms with Crippen LogP contribution in [0.5, 0.6) is 0 Å². The molecule has 0 aliphatic heterocycles. The van der Waals surface area contributed by atoms with Gasteiger partial charge < -0.3 is 0 Å². The van der Waals surface area contributed by atoms with E-state index in [4.69, 9.17) is 12.2 Å². The van der Waals surface area contributed by atoms with Crippen LogP contribution in [0.25, 0.3) is 5.69 Å². The van der Waals surface area contributed by atoms with Crippen LogP contribution in [0, 0.1) is 4.77 Å². The number of aromatic nitrogens is 5. The molecule has 1 fully saturated rings. The minimum atomic E-state index is 0.387. The molecule has 5 rings (SSSR count). The molecule has 0 amide bonds. The highest BCUT2D eigenvalue weighted by atomic mass is 32.1. The Labute approximate surface area is 162 Å². The van der Waals surface area contributed by atoms with Gasteiger partial charge in [-0.15, -0.1) is 0 Å². The molecule has 0 bridgehead atoms. The highest BCUT2D eigenvalue weighted by Gasteiger charge is 2.43. The van der Waals surface area contributed by atoms with Crippen LogP contribution >= 0.6 is 12.2 Å². The normalized spacial score (nSPS) is 18.5. The Morgan fingerprint density at radius 2 is 1.74 bits per heavy atom. The van der Waals surface area contributed by atoms with Gasteiger partial charge in [0.15, 0.2) is 4.77 Å². The van der Waals surface area contributed by atoms with Crippen molar-refractivity contribution in [1.82, 2.24) is 24.5 Å². The summed E-state index contributed by atoms with van der Waals surface area (Å²) in [4.78, 5) is 0. The fourth-order valence-electron chi connectivity index (χ4n) is 3.68. The van der Waals surface area contributed by atoms with E-state index in [0.29, 0.717) is 16.6 Å². The topological polar surface area (TPSA) is 51.4 Å². The molecule has 0 radical (unpaired) electrons. The van der Waals surface area contributed by atoms with Gasteiger partial charge in [-0.1, -0.05) is 60.7 Å². The lowest BCUT2D eigenvalue weighted by atomic mass is 10.1. The Balaban J connectivity index is 1.42. The van der Waals surface area contributed by atoms with Crippen molar-refractivity contribution in [1.29, 1.82) is 0 Å². The van der Waals surface area contributed by atoms with E-state index in [0.717, 1.165) is 24.5 Å². The van der Waals surface area contributed by atoms with E-state index in [9.17, 15) is 0 Å². The Hall–Kier alpha value is -2.99. The summed E-state index contributed by atoms with van der Waals surface area (Å²) in [6.07, 6.45) is 4.99. The number of hydrogen-bond donors (Lipinski definition) is 1. The number of rotatable bonds is 5. The van der Waals surface area contributed by atoms with Gasteiger partial charge in [-0.2, -0.15) is 10.2 Å². The molecule has 0 unspecified atom stereocenters. The zero-order chi connectivity index (χ0) is 18.2. The minimum absolute atomic E-state index is 0.387. The summed E-state index contributed by atoms with van der Waals surface area (Å²) in [5, 5.41) is 12.0. The van der Waals surface area contributed by atoms with Crippen molar-refractivity contribution in [3.8, 4) is 5.69 Å². The first-order chi connectivity index (χ1) is 13.3. The minimum Gasteiger partial charge on any atom is -0.269 e. The molecule has 6 heteroatoms. The van der Waals surface area contributed by atoms with Crippen molar-refractivity contribution in [3.63, 3.8) is 0 Å². The van der Waals surface area contributed by atoms with Crippen LogP contribution in [0.2, 0.25) is 0 Å². The summed E-state index contributed by atoms with van der Waals surface area (Å²) < 4.78 is 4.57. The molecule has 2 atom stereocenters. The van der Waals surface area contributed by atoms with Gasteiger partial charge >= 0.3 is 0 Å². The Kier molecular flexibility index (Phi) is 3.98. The largest absolute Gasteiger partial charge is 0.269 e. The van der Waals surface area contributed by atoms with Crippen molar-refractivity contribution in [3.05, 3.63) is 94.8 Å². The van der Waals surface area contributed by atoms with E-state index < -0.39 is 0 Å². The fourth-order valence-corrected chi connectivity index (χ4v) is 3.93. The molecule has 27 heavy (non-hydrogen) atoms. The van der Waals surface area contributed by atoms with Crippen molar-refractivity contribution >= 4 is 12.2 Å². The first-order valence-corrected chi connectivity index (χ1v) is 9.49. The molecule has 0 saturated heterocycles. The van der Waals surface area contributed by atoms with Crippen LogP contribution in [0.3, 0.4) is 0 Å². The summed E-state index contributed by atoms with van der Waals surface area (Å²) >= 11 is 5.50. The predicted octanol–water partition coefficient (Wildman–Crippen LogP) is 4.45. The molecule has 1 N–H and O–H groups in total. The van der Waals surface area contributed by atoms with E-state index in [1.54, 1.807) is 0 Å². The van der Waals surface area contributed by atoms with Gasteiger partial charge in [-0.3, -0.25) is 14.3 Å². The number of nitrogens with zero attached hydrogens (tertiary/aromatic N) is 4. The molecule has 134 valence electrons. The SMILES string of the molecule is S=c1[nH]nc([C@@H]2C[C@H]2c2ccccc2)n1-c1cnn(Cc2ccccc2)c1. The third-order valence-corrected chi connectivity index (χ3v) is 5.39. The molecule has 5 nitrogen and oxygen atoms in total. The zero-order valence-electron chi connectivity index (χ0n) is 14.7. The Morgan fingerprint density at radius 1 is 1.00 bits per heavy atom. The van der Waals surface area contributed by atoms with Gasteiger partial charge in [0.1, 0.15) is 5.82 Å². The second-order valence-corrected chi connectivity index (χ2v) is 7.35. The highest BCUT2D eigenvalue weighted by molar-refractivity contribution is 7.71. The summed E-state index contributed by atoms with van der Waals surface area (Å²) in [6.45, 7) is 0.734. The number of aromatic amines is 1. The van der Waals surface area contributed by atoms with E-state index >= 15 is 0 Å². The molecule has 2 heterocycles. The van der Waals surface area contributed by atoms with Crippen LogP contribution in [-0.2, 0) is 6.54 Å². The van der Waals surface area contributed by atoms with E-state index in [1.807, 2.05) is 39.8 Å².